The van der Waals surface area contributed by atoms with Crippen molar-refractivity contribution in [1.82, 2.24) is 10.2 Å². The highest BCUT2D eigenvalue weighted by atomic mass is 19.4. The molecule has 1 amide bonds. The number of amides is 1. The minimum atomic E-state index is -4.41. The summed E-state index contributed by atoms with van der Waals surface area (Å²) in [4.78, 5) is 12.7. The Bertz CT molecular complexity index is 260. The molecular formula is C11H19F3N2O. The molecule has 1 fully saturated rings. The van der Waals surface area contributed by atoms with Gasteiger partial charge in [-0.25, -0.2) is 0 Å². The number of nitrogens with one attached hydrogen (secondary N) is 1. The zero-order valence-electron chi connectivity index (χ0n) is 10.2. The van der Waals surface area contributed by atoms with Crippen molar-refractivity contribution in [3.63, 3.8) is 0 Å². The van der Waals surface area contributed by atoms with Crippen LogP contribution in [0, 0.1) is 0 Å². The van der Waals surface area contributed by atoms with Crippen LogP contribution in [-0.2, 0) is 4.79 Å². The van der Waals surface area contributed by atoms with Crippen LogP contribution in [0.3, 0.4) is 0 Å². The molecule has 0 heterocycles. The highest BCUT2D eigenvalue weighted by Gasteiger charge is 2.35. The molecular weight excluding hydrogens is 233 g/mol. The average molecular weight is 252 g/mol. The van der Waals surface area contributed by atoms with Crippen molar-refractivity contribution in [3.05, 3.63) is 0 Å². The highest BCUT2D eigenvalue weighted by molar-refractivity contribution is 5.76. The lowest BCUT2D eigenvalue weighted by Gasteiger charge is -2.34. The molecule has 0 bridgehead atoms. The van der Waals surface area contributed by atoms with Gasteiger partial charge in [0.1, 0.15) is 6.42 Å². The van der Waals surface area contributed by atoms with Gasteiger partial charge in [-0.05, 0) is 32.7 Å². The fourth-order valence-electron chi connectivity index (χ4n) is 2.25. The molecule has 0 radical (unpaired) electrons. The van der Waals surface area contributed by atoms with E-state index in [0.717, 1.165) is 25.7 Å². The maximum Gasteiger partial charge on any atom is 0.397 e. The van der Waals surface area contributed by atoms with E-state index in [1.807, 2.05) is 7.05 Å². The van der Waals surface area contributed by atoms with Crippen molar-refractivity contribution in [2.24, 2.45) is 0 Å². The zero-order valence-corrected chi connectivity index (χ0v) is 10.2. The van der Waals surface area contributed by atoms with Crippen molar-refractivity contribution >= 4 is 5.91 Å². The summed E-state index contributed by atoms with van der Waals surface area (Å²) in [6, 6.07) is 0.381. The first-order valence-corrected chi connectivity index (χ1v) is 5.83. The average Bonchev–Trinajstić information content (AvgIpc) is 2.26. The van der Waals surface area contributed by atoms with E-state index in [2.05, 4.69) is 5.32 Å². The van der Waals surface area contributed by atoms with Crippen LogP contribution >= 0.6 is 0 Å². The van der Waals surface area contributed by atoms with E-state index < -0.39 is 18.5 Å². The minimum absolute atomic E-state index is 0.0468. The Balaban J connectivity index is 2.43. The highest BCUT2D eigenvalue weighted by Crippen LogP contribution is 2.25. The molecule has 0 unspecified atom stereocenters. The monoisotopic (exact) mass is 252 g/mol. The SMILES string of the molecule is CNC1CCC(N(C)C(=O)CC(F)(F)F)CC1. The smallest absolute Gasteiger partial charge is 0.342 e. The molecule has 0 aromatic rings. The van der Waals surface area contributed by atoms with Gasteiger partial charge < -0.3 is 10.2 Å². The molecule has 0 aliphatic heterocycles. The summed E-state index contributed by atoms with van der Waals surface area (Å²) in [5, 5.41) is 3.15. The van der Waals surface area contributed by atoms with Gasteiger partial charge in [-0.1, -0.05) is 0 Å². The normalized spacial score (nSPS) is 25.7. The summed E-state index contributed by atoms with van der Waals surface area (Å²) in [5.74, 6) is -0.828. The summed E-state index contributed by atoms with van der Waals surface area (Å²) >= 11 is 0. The number of carbonyl (C=O) groups excluding carboxylic acids is 1. The predicted octanol–water partition coefficient (Wildman–Crippen LogP) is 1.93. The van der Waals surface area contributed by atoms with Crippen LogP contribution in [0.5, 0.6) is 0 Å². The van der Waals surface area contributed by atoms with Crippen LogP contribution < -0.4 is 5.32 Å². The molecule has 1 saturated carbocycles. The van der Waals surface area contributed by atoms with Crippen molar-refractivity contribution < 1.29 is 18.0 Å². The summed E-state index contributed by atoms with van der Waals surface area (Å²) in [6.45, 7) is 0. The molecule has 0 aromatic heterocycles. The molecule has 6 heteroatoms. The molecule has 0 atom stereocenters. The van der Waals surface area contributed by atoms with Crippen molar-refractivity contribution in [1.29, 1.82) is 0 Å². The van der Waals surface area contributed by atoms with E-state index in [0.29, 0.717) is 6.04 Å². The Morgan fingerprint density at radius 1 is 1.29 bits per heavy atom. The second kappa shape index (κ2) is 5.71. The lowest BCUT2D eigenvalue weighted by Crippen LogP contribution is -2.43. The largest absolute Gasteiger partial charge is 0.397 e. The van der Waals surface area contributed by atoms with Crippen LogP contribution in [0.1, 0.15) is 32.1 Å². The first-order chi connectivity index (χ1) is 7.83. The molecule has 3 nitrogen and oxygen atoms in total. The number of hydrogen-bond donors (Lipinski definition) is 1. The maximum absolute atomic E-state index is 12.1. The number of hydrogen-bond acceptors (Lipinski definition) is 2. The van der Waals surface area contributed by atoms with Gasteiger partial charge in [0.25, 0.3) is 0 Å². The third kappa shape index (κ3) is 4.53. The minimum Gasteiger partial charge on any atom is -0.342 e. The van der Waals surface area contributed by atoms with Gasteiger partial charge in [-0.2, -0.15) is 13.2 Å². The van der Waals surface area contributed by atoms with Crippen LogP contribution in [-0.4, -0.2) is 43.2 Å². The maximum atomic E-state index is 12.1. The van der Waals surface area contributed by atoms with E-state index in [4.69, 9.17) is 0 Å². The van der Waals surface area contributed by atoms with Gasteiger partial charge in [-0.15, -0.1) is 0 Å². The third-order valence-electron chi connectivity index (χ3n) is 3.40. The third-order valence-corrected chi connectivity index (χ3v) is 3.40. The fourth-order valence-corrected chi connectivity index (χ4v) is 2.25. The lowest BCUT2D eigenvalue weighted by molar-refractivity contribution is -0.162. The Labute approximate surface area is 99.4 Å². The number of nitrogens with zero attached hydrogens (tertiary/aromatic N) is 1. The Hall–Kier alpha value is -0.780. The van der Waals surface area contributed by atoms with E-state index in [9.17, 15) is 18.0 Å². The van der Waals surface area contributed by atoms with Crippen molar-refractivity contribution in [2.45, 2.75) is 50.4 Å². The summed E-state index contributed by atoms with van der Waals surface area (Å²) in [5.41, 5.74) is 0. The molecule has 0 saturated heterocycles. The van der Waals surface area contributed by atoms with Gasteiger partial charge in [-0.3, -0.25) is 4.79 Å². The molecule has 1 aliphatic carbocycles. The topological polar surface area (TPSA) is 32.3 Å². The molecule has 1 aliphatic rings. The van der Waals surface area contributed by atoms with Gasteiger partial charge in [0, 0.05) is 19.1 Å². The quantitative estimate of drug-likeness (QED) is 0.832. The predicted molar refractivity (Wildman–Crippen MR) is 58.5 cm³/mol. The molecule has 17 heavy (non-hydrogen) atoms. The van der Waals surface area contributed by atoms with Crippen LogP contribution in [0.25, 0.3) is 0 Å². The van der Waals surface area contributed by atoms with Crippen molar-refractivity contribution in [3.8, 4) is 0 Å². The Kier molecular flexibility index (Phi) is 4.80. The molecule has 1 N–H and O–H groups in total. The number of rotatable bonds is 3. The zero-order chi connectivity index (χ0) is 13.1. The Morgan fingerprint density at radius 2 is 1.82 bits per heavy atom. The number of carbonyl (C=O) groups is 1. The van der Waals surface area contributed by atoms with Crippen LogP contribution in [0.4, 0.5) is 13.2 Å². The van der Waals surface area contributed by atoms with Gasteiger partial charge in [0.15, 0.2) is 0 Å². The summed E-state index contributed by atoms with van der Waals surface area (Å²) in [7, 11) is 3.35. The van der Waals surface area contributed by atoms with E-state index in [-0.39, 0.29) is 6.04 Å². The van der Waals surface area contributed by atoms with Gasteiger partial charge in [0.2, 0.25) is 5.91 Å². The first kappa shape index (κ1) is 14.3. The van der Waals surface area contributed by atoms with Crippen LogP contribution in [0.15, 0.2) is 0 Å². The summed E-state index contributed by atoms with van der Waals surface area (Å²) < 4.78 is 36.3. The second-order valence-corrected chi connectivity index (χ2v) is 4.59. The van der Waals surface area contributed by atoms with E-state index >= 15 is 0 Å². The molecule has 0 aromatic carbocycles. The Morgan fingerprint density at radius 3 is 2.24 bits per heavy atom. The lowest BCUT2D eigenvalue weighted by atomic mass is 9.90. The first-order valence-electron chi connectivity index (χ1n) is 5.83. The number of alkyl halides is 3. The number of halogens is 3. The second-order valence-electron chi connectivity index (χ2n) is 4.59. The van der Waals surface area contributed by atoms with Crippen LogP contribution in [0.2, 0.25) is 0 Å². The van der Waals surface area contributed by atoms with E-state index in [1.54, 1.807) is 0 Å². The molecule has 0 spiro atoms. The molecule has 100 valence electrons. The van der Waals surface area contributed by atoms with Gasteiger partial charge >= 0.3 is 6.18 Å². The van der Waals surface area contributed by atoms with Crippen molar-refractivity contribution in [2.75, 3.05) is 14.1 Å². The molecule has 1 rings (SSSR count). The fraction of sp³-hybridized carbons (Fsp3) is 0.909. The van der Waals surface area contributed by atoms with Gasteiger partial charge in [0.05, 0.1) is 0 Å². The van der Waals surface area contributed by atoms with E-state index in [1.165, 1.54) is 11.9 Å². The summed E-state index contributed by atoms with van der Waals surface area (Å²) in [6.07, 6.45) is -2.41. The standard InChI is InChI=1S/C11H19F3N2O/c1-15-8-3-5-9(6-4-8)16(2)10(17)7-11(12,13)14/h8-9,15H,3-7H2,1-2H3.